The number of aliphatic imine (C=N–C) groups is 1. The third-order valence-electron chi connectivity index (χ3n) is 11.4. The van der Waals surface area contributed by atoms with E-state index in [1.165, 1.54) is 0 Å². The van der Waals surface area contributed by atoms with Crippen molar-refractivity contribution >= 4 is 31.0 Å². The summed E-state index contributed by atoms with van der Waals surface area (Å²) in [5.41, 5.74) is 15.1. The van der Waals surface area contributed by atoms with Crippen LogP contribution >= 0.6 is 0 Å². The van der Waals surface area contributed by atoms with Gasteiger partial charge in [0.2, 0.25) is 8.32 Å². The van der Waals surface area contributed by atoms with Gasteiger partial charge >= 0.3 is 0 Å². The Bertz CT molecular complexity index is 1780. The molecule has 8 heteroatoms. The van der Waals surface area contributed by atoms with E-state index >= 15 is 0 Å². The molecule has 2 aromatic heterocycles. The van der Waals surface area contributed by atoms with E-state index in [4.69, 9.17) is 20.3 Å². The summed E-state index contributed by atoms with van der Waals surface area (Å²) in [5.74, 6) is 1.32. The number of rotatable bonds is 10. The third-order valence-corrected chi connectivity index (χ3v) is 15.8. The maximum Gasteiger partial charge on any atom is 0.250 e. The molecular formula is C39H55N5O2Si. The molecule has 0 spiro atoms. The quantitative estimate of drug-likeness (QED) is 0.0901. The molecule has 0 bridgehead atoms. The smallest absolute Gasteiger partial charge is 0.250 e. The molecule has 4 aromatic rings. The number of amidine groups is 1. The van der Waals surface area contributed by atoms with Gasteiger partial charge in [-0.05, 0) is 95.6 Å². The molecule has 1 saturated carbocycles. The van der Waals surface area contributed by atoms with Crippen LogP contribution in [-0.2, 0) is 12.8 Å². The van der Waals surface area contributed by atoms with Gasteiger partial charge < -0.3 is 20.6 Å². The molecule has 5 rings (SSSR count). The summed E-state index contributed by atoms with van der Waals surface area (Å²) in [6, 6.07) is 17.0. The van der Waals surface area contributed by atoms with Gasteiger partial charge in [0, 0.05) is 24.4 Å². The second-order valence-electron chi connectivity index (χ2n) is 16.0. The van der Waals surface area contributed by atoms with Gasteiger partial charge in [0.15, 0.2) is 0 Å². The Morgan fingerprint density at radius 2 is 1.85 bits per heavy atom. The molecule has 47 heavy (non-hydrogen) atoms. The van der Waals surface area contributed by atoms with E-state index in [0.29, 0.717) is 12.3 Å². The van der Waals surface area contributed by atoms with E-state index in [1.54, 1.807) is 0 Å². The fourth-order valence-corrected chi connectivity index (χ4v) is 7.36. The Labute approximate surface area is 282 Å². The third kappa shape index (κ3) is 6.86. The maximum atomic E-state index is 9.51. The molecule has 7 nitrogen and oxygen atoms in total. The largest absolute Gasteiger partial charge is 0.543 e. The Kier molecular flexibility index (Phi) is 9.43. The minimum Gasteiger partial charge on any atom is -0.543 e. The normalized spacial score (nSPS) is 18.1. The number of hydrogen-bond donors (Lipinski definition) is 3. The summed E-state index contributed by atoms with van der Waals surface area (Å²) >= 11 is 0. The van der Waals surface area contributed by atoms with E-state index in [0.717, 1.165) is 69.7 Å². The zero-order valence-corrected chi connectivity index (χ0v) is 31.2. The minimum atomic E-state index is -1.98. The number of aryl methyl sites for hydroxylation is 1. The van der Waals surface area contributed by atoms with Crippen molar-refractivity contribution in [1.29, 1.82) is 0 Å². The van der Waals surface area contributed by atoms with Crippen LogP contribution in [0.5, 0.6) is 5.75 Å². The Morgan fingerprint density at radius 3 is 2.49 bits per heavy atom. The Balaban J connectivity index is 1.59. The molecule has 0 unspecified atom stereocenters. The topological polar surface area (TPSA) is 97.2 Å². The molecule has 0 radical (unpaired) electrons. The van der Waals surface area contributed by atoms with Gasteiger partial charge in [-0.3, -0.25) is 0 Å². The number of nitrogens with two attached hydrogens (primary N) is 1. The molecule has 1 atom stereocenters. The number of fused-ring (bicyclic) bond motifs is 1. The average Bonchev–Trinajstić information content (AvgIpc) is 3.52. The Hall–Kier alpha value is -3.62. The number of aliphatic hydroxyl groups is 1. The molecule has 1 aliphatic carbocycles. The van der Waals surface area contributed by atoms with Crippen LogP contribution in [-0.4, -0.2) is 41.5 Å². The van der Waals surface area contributed by atoms with Crippen molar-refractivity contribution in [2.24, 2.45) is 21.6 Å². The van der Waals surface area contributed by atoms with E-state index in [9.17, 15) is 5.11 Å². The predicted molar refractivity (Wildman–Crippen MR) is 200 cm³/mol. The van der Waals surface area contributed by atoms with Crippen molar-refractivity contribution < 1.29 is 9.53 Å². The van der Waals surface area contributed by atoms with Crippen molar-refractivity contribution in [3.05, 3.63) is 77.6 Å². The molecule has 2 aromatic carbocycles. The fraction of sp³-hybridized carbons (Fsp3) is 0.487. The van der Waals surface area contributed by atoms with E-state index < -0.39 is 8.32 Å². The number of nitrogens with one attached hydrogen (secondary N) is 1. The molecule has 0 amide bonds. The highest BCUT2D eigenvalue weighted by molar-refractivity contribution is 6.74. The lowest BCUT2D eigenvalue weighted by Gasteiger charge is -2.40. The number of hydrogen-bond acceptors (Lipinski definition) is 5. The highest BCUT2D eigenvalue weighted by Gasteiger charge is 2.48. The fourth-order valence-electron chi connectivity index (χ4n) is 6.34. The molecule has 4 N–H and O–H groups in total. The molecule has 1 fully saturated rings. The van der Waals surface area contributed by atoms with Crippen LogP contribution in [0.2, 0.25) is 18.1 Å². The van der Waals surface area contributed by atoms with Crippen molar-refractivity contribution in [1.82, 2.24) is 9.61 Å². The van der Waals surface area contributed by atoms with Gasteiger partial charge in [-0.25, -0.2) is 9.51 Å². The standard InChI is InChI=1S/C39H55N5O2Si/c1-11-27-22-30(46-47(9,10)37(2,3)4)15-16-32(27)42-36(40)31-24-41-44-25-29(28-14-12-13-26(21-28)18-20-45)23-33(44)35(31)43-34-17-19-38(5,6)39(34,7)8/h12-16,21-25,34,43,45H,11,17-20H2,1-10H3,(H2,40,42)/t34-/m1/s1. The second kappa shape index (κ2) is 12.8. The molecule has 0 aliphatic heterocycles. The highest BCUT2D eigenvalue weighted by atomic mass is 28.4. The van der Waals surface area contributed by atoms with Gasteiger partial charge in [-0.2, -0.15) is 5.10 Å². The zero-order valence-electron chi connectivity index (χ0n) is 30.2. The maximum absolute atomic E-state index is 9.51. The number of aromatic nitrogens is 2. The SMILES string of the molecule is CCc1cc(O[Si](C)(C)C(C)(C)C)ccc1N=C(N)c1cnn2cc(-c3cccc(CCO)c3)cc2c1N[C@@H]1CCC(C)(C)C1(C)C. The number of aliphatic hydroxyl groups excluding tert-OH is 1. The Morgan fingerprint density at radius 1 is 1.11 bits per heavy atom. The number of nitrogens with zero attached hydrogens (tertiary/aromatic N) is 3. The van der Waals surface area contributed by atoms with Gasteiger partial charge in [0.25, 0.3) is 0 Å². The van der Waals surface area contributed by atoms with E-state index in [2.05, 4.69) is 110 Å². The monoisotopic (exact) mass is 653 g/mol. The van der Waals surface area contributed by atoms with Crippen LogP contribution in [0.25, 0.3) is 16.6 Å². The molecule has 2 heterocycles. The molecule has 1 aliphatic rings. The first-order valence-corrected chi connectivity index (χ1v) is 20.0. The van der Waals surface area contributed by atoms with Gasteiger partial charge in [-0.1, -0.05) is 79.7 Å². The van der Waals surface area contributed by atoms with Crippen molar-refractivity contribution in [3.8, 4) is 16.9 Å². The van der Waals surface area contributed by atoms with E-state index in [1.807, 2.05) is 28.9 Å². The lowest BCUT2D eigenvalue weighted by molar-refractivity contribution is 0.146. The molecule has 0 saturated heterocycles. The van der Waals surface area contributed by atoms with Crippen molar-refractivity contribution in [2.75, 3.05) is 11.9 Å². The van der Waals surface area contributed by atoms with Crippen LogP contribution in [0.3, 0.4) is 0 Å². The van der Waals surface area contributed by atoms with E-state index in [-0.39, 0.29) is 28.5 Å². The van der Waals surface area contributed by atoms with Gasteiger partial charge in [-0.15, -0.1) is 0 Å². The van der Waals surface area contributed by atoms with Crippen LogP contribution in [0, 0.1) is 10.8 Å². The summed E-state index contributed by atoms with van der Waals surface area (Å²) in [6.07, 6.45) is 7.55. The lowest BCUT2D eigenvalue weighted by atomic mass is 9.69. The number of benzene rings is 2. The van der Waals surface area contributed by atoms with Crippen molar-refractivity contribution in [2.45, 2.75) is 105 Å². The van der Waals surface area contributed by atoms with Gasteiger partial charge in [0.05, 0.1) is 28.7 Å². The molecule has 252 valence electrons. The van der Waals surface area contributed by atoms with Crippen LogP contribution in [0.15, 0.2) is 65.9 Å². The summed E-state index contributed by atoms with van der Waals surface area (Å²) in [6.45, 7) is 23.0. The predicted octanol–water partition coefficient (Wildman–Crippen LogP) is 9.15. The summed E-state index contributed by atoms with van der Waals surface area (Å²) in [5, 5.41) is 18.4. The first-order chi connectivity index (χ1) is 22.0. The first kappa shape index (κ1) is 34.7. The van der Waals surface area contributed by atoms with Crippen LogP contribution < -0.4 is 15.5 Å². The first-order valence-electron chi connectivity index (χ1n) is 17.1. The van der Waals surface area contributed by atoms with Crippen LogP contribution in [0.4, 0.5) is 11.4 Å². The van der Waals surface area contributed by atoms with Crippen molar-refractivity contribution in [3.63, 3.8) is 0 Å². The summed E-state index contributed by atoms with van der Waals surface area (Å²) in [4.78, 5) is 5.03. The second-order valence-corrected chi connectivity index (χ2v) is 20.7. The number of anilines is 1. The highest BCUT2D eigenvalue weighted by Crippen LogP contribution is 2.53. The average molecular weight is 654 g/mol. The zero-order chi connectivity index (χ0) is 34.4. The van der Waals surface area contributed by atoms with Gasteiger partial charge in [0.1, 0.15) is 11.6 Å². The molecular weight excluding hydrogens is 599 g/mol. The lowest BCUT2D eigenvalue weighted by Crippen LogP contribution is -2.43. The summed E-state index contributed by atoms with van der Waals surface area (Å²) < 4.78 is 8.55. The minimum absolute atomic E-state index is 0.0554. The van der Waals surface area contributed by atoms with Crippen LogP contribution in [0.1, 0.15) is 84.9 Å². The summed E-state index contributed by atoms with van der Waals surface area (Å²) in [7, 11) is -1.98.